The highest BCUT2D eigenvalue weighted by atomic mass is 35.5. The van der Waals surface area contributed by atoms with Gasteiger partial charge in [-0.1, -0.05) is 53.5 Å². The topological polar surface area (TPSA) is 97.5 Å². The van der Waals surface area contributed by atoms with E-state index in [2.05, 4.69) is 15.5 Å². The standard InChI is InChI=1S/C22H15Cl2N3O4/c23-17-10-14(11-18(24)19(17)28)21-26-27-22(31-21)20(29)25-12-13-5-4-8-16(9-13)30-15-6-2-1-3-7-15/h1-11,28H,12H2,(H,25,29). The lowest BCUT2D eigenvalue weighted by Gasteiger charge is -2.08. The smallest absolute Gasteiger partial charge is 0.309 e. The molecule has 0 aliphatic rings. The number of phenols is 1. The minimum atomic E-state index is -0.538. The average Bonchev–Trinajstić information content (AvgIpc) is 3.27. The molecular formula is C22H15Cl2N3O4. The summed E-state index contributed by atoms with van der Waals surface area (Å²) in [6.45, 7) is 0.236. The van der Waals surface area contributed by atoms with Gasteiger partial charge in [0.05, 0.1) is 10.0 Å². The van der Waals surface area contributed by atoms with Gasteiger partial charge < -0.3 is 19.6 Å². The third-order valence-electron chi connectivity index (χ3n) is 4.21. The van der Waals surface area contributed by atoms with Crippen molar-refractivity contribution in [1.29, 1.82) is 0 Å². The summed E-state index contributed by atoms with van der Waals surface area (Å²) in [4.78, 5) is 12.4. The van der Waals surface area contributed by atoms with Crippen molar-refractivity contribution in [2.24, 2.45) is 0 Å². The number of nitrogens with zero attached hydrogens (tertiary/aromatic N) is 2. The molecule has 0 radical (unpaired) electrons. The van der Waals surface area contributed by atoms with Crippen LogP contribution in [0.2, 0.25) is 10.0 Å². The minimum Gasteiger partial charge on any atom is -0.505 e. The molecule has 0 saturated heterocycles. The molecule has 0 aliphatic heterocycles. The summed E-state index contributed by atoms with van der Waals surface area (Å²) in [6.07, 6.45) is 0. The average molecular weight is 456 g/mol. The SMILES string of the molecule is O=C(NCc1cccc(Oc2ccccc2)c1)c1nnc(-c2cc(Cl)c(O)c(Cl)c2)o1. The van der Waals surface area contributed by atoms with E-state index in [0.717, 1.165) is 11.3 Å². The Balaban J connectivity index is 1.41. The third-order valence-corrected chi connectivity index (χ3v) is 4.79. The van der Waals surface area contributed by atoms with Crippen molar-refractivity contribution >= 4 is 29.1 Å². The predicted molar refractivity (Wildman–Crippen MR) is 116 cm³/mol. The fourth-order valence-corrected chi connectivity index (χ4v) is 3.21. The molecule has 4 rings (SSSR count). The molecular weight excluding hydrogens is 441 g/mol. The summed E-state index contributed by atoms with van der Waals surface area (Å²) >= 11 is 11.8. The van der Waals surface area contributed by atoms with Crippen LogP contribution in [0.3, 0.4) is 0 Å². The first kappa shape index (κ1) is 20.7. The van der Waals surface area contributed by atoms with E-state index in [1.54, 1.807) is 0 Å². The van der Waals surface area contributed by atoms with Crippen LogP contribution in [0, 0.1) is 0 Å². The molecule has 1 aromatic heterocycles. The van der Waals surface area contributed by atoms with E-state index in [-0.39, 0.29) is 34.1 Å². The Morgan fingerprint density at radius 2 is 1.68 bits per heavy atom. The van der Waals surface area contributed by atoms with E-state index < -0.39 is 5.91 Å². The van der Waals surface area contributed by atoms with Crippen molar-refractivity contribution < 1.29 is 19.1 Å². The fourth-order valence-electron chi connectivity index (χ4n) is 2.72. The monoisotopic (exact) mass is 455 g/mol. The highest BCUT2D eigenvalue weighted by molar-refractivity contribution is 6.37. The van der Waals surface area contributed by atoms with Crippen LogP contribution in [0.15, 0.2) is 71.1 Å². The number of amides is 1. The van der Waals surface area contributed by atoms with Gasteiger partial charge >= 0.3 is 11.8 Å². The molecule has 0 unspecified atom stereocenters. The highest BCUT2D eigenvalue weighted by Crippen LogP contribution is 2.36. The first-order valence-electron chi connectivity index (χ1n) is 9.11. The Labute approximate surface area is 187 Å². The maximum atomic E-state index is 12.4. The zero-order valence-electron chi connectivity index (χ0n) is 15.9. The second-order valence-corrected chi connectivity index (χ2v) is 7.26. The van der Waals surface area contributed by atoms with E-state index in [1.165, 1.54) is 12.1 Å². The second-order valence-electron chi connectivity index (χ2n) is 6.45. The lowest BCUT2D eigenvalue weighted by Crippen LogP contribution is -2.23. The number of benzene rings is 3. The van der Waals surface area contributed by atoms with Gasteiger partial charge in [0.1, 0.15) is 11.5 Å². The van der Waals surface area contributed by atoms with Crippen LogP contribution in [0.4, 0.5) is 0 Å². The lowest BCUT2D eigenvalue weighted by molar-refractivity contribution is 0.0916. The molecule has 0 spiro atoms. The van der Waals surface area contributed by atoms with E-state index in [0.29, 0.717) is 11.3 Å². The third kappa shape index (κ3) is 4.96. The van der Waals surface area contributed by atoms with Crippen molar-refractivity contribution in [2.75, 3.05) is 0 Å². The summed E-state index contributed by atoms with van der Waals surface area (Å²) in [5.41, 5.74) is 1.21. The Morgan fingerprint density at radius 3 is 2.42 bits per heavy atom. The van der Waals surface area contributed by atoms with Crippen LogP contribution in [-0.4, -0.2) is 21.2 Å². The number of phenolic OH excluding ortho intramolecular Hbond substituents is 1. The van der Waals surface area contributed by atoms with Gasteiger partial charge in [-0.15, -0.1) is 10.2 Å². The lowest BCUT2D eigenvalue weighted by atomic mass is 10.2. The van der Waals surface area contributed by atoms with Crippen molar-refractivity contribution in [3.05, 3.63) is 88.2 Å². The molecule has 0 bridgehead atoms. The highest BCUT2D eigenvalue weighted by Gasteiger charge is 2.18. The van der Waals surface area contributed by atoms with E-state index >= 15 is 0 Å². The van der Waals surface area contributed by atoms with Gasteiger partial charge in [0.15, 0.2) is 5.75 Å². The second kappa shape index (κ2) is 9.07. The van der Waals surface area contributed by atoms with E-state index in [9.17, 15) is 9.90 Å². The quantitative estimate of drug-likeness (QED) is 0.399. The largest absolute Gasteiger partial charge is 0.505 e. The van der Waals surface area contributed by atoms with E-state index in [1.807, 2.05) is 54.6 Å². The molecule has 3 aromatic carbocycles. The van der Waals surface area contributed by atoms with Gasteiger partial charge in [-0.05, 0) is 42.0 Å². The van der Waals surface area contributed by atoms with Crippen LogP contribution < -0.4 is 10.1 Å². The molecule has 1 heterocycles. The summed E-state index contributed by atoms with van der Waals surface area (Å²) in [5, 5.41) is 20.0. The van der Waals surface area contributed by atoms with Crippen molar-refractivity contribution in [2.45, 2.75) is 6.54 Å². The zero-order valence-corrected chi connectivity index (χ0v) is 17.4. The first-order valence-corrected chi connectivity index (χ1v) is 9.87. The molecule has 2 N–H and O–H groups in total. The van der Waals surface area contributed by atoms with E-state index in [4.69, 9.17) is 32.4 Å². The van der Waals surface area contributed by atoms with Gasteiger partial charge in [-0.25, -0.2) is 0 Å². The van der Waals surface area contributed by atoms with Gasteiger partial charge in [-0.3, -0.25) is 4.79 Å². The molecule has 4 aromatic rings. The molecule has 0 saturated carbocycles. The van der Waals surface area contributed by atoms with Crippen molar-refractivity contribution in [1.82, 2.24) is 15.5 Å². The number of carbonyl (C=O) groups is 1. The summed E-state index contributed by atoms with van der Waals surface area (Å²) in [6, 6.07) is 19.6. The van der Waals surface area contributed by atoms with Crippen LogP contribution in [0.25, 0.3) is 11.5 Å². The van der Waals surface area contributed by atoms with Crippen LogP contribution in [-0.2, 0) is 6.54 Å². The van der Waals surface area contributed by atoms with Crippen LogP contribution >= 0.6 is 23.2 Å². The summed E-state index contributed by atoms with van der Waals surface area (Å²) in [7, 11) is 0. The molecule has 9 heteroatoms. The Hall–Kier alpha value is -3.55. The van der Waals surface area contributed by atoms with Gasteiger partial charge in [-0.2, -0.15) is 0 Å². The maximum absolute atomic E-state index is 12.4. The number of hydrogen-bond acceptors (Lipinski definition) is 6. The molecule has 1 amide bonds. The molecule has 7 nitrogen and oxygen atoms in total. The normalized spacial score (nSPS) is 10.6. The number of aromatic hydroxyl groups is 1. The Bertz CT molecular complexity index is 1210. The molecule has 0 fully saturated rings. The fraction of sp³-hybridized carbons (Fsp3) is 0.0455. The number of ether oxygens (including phenoxy) is 1. The van der Waals surface area contributed by atoms with Crippen LogP contribution in [0.1, 0.15) is 16.2 Å². The Morgan fingerprint density at radius 1 is 0.968 bits per heavy atom. The number of carbonyl (C=O) groups excluding carboxylic acids is 1. The number of halogens is 2. The molecule has 0 atom stereocenters. The summed E-state index contributed by atoms with van der Waals surface area (Å²) in [5.74, 6) is 0.419. The van der Waals surface area contributed by atoms with Crippen molar-refractivity contribution in [3.63, 3.8) is 0 Å². The Kier molecular flexibility index (Phi) is 6.06. The van der Waals surface area contributed by atoms with Gasteiger partial charge in [0.25, 0.3) is 0 Å². The number of para-hydroxylation sites is 1. The molecule has 31 heavy (non-hydrogen) atoms. The first-order chi connectivity index (χ1) is 15.0. The van der Waals surface area contributed by atoms with Crippen molar-refractivity contribution in [3.8, 4) is 28.7 Å². The molecule has 0 aliphatic carbocycles. The zero-order chi connectivity index (χ0) is 21.8. The van der Waals surface area contributed by atoms with Gasteiger partial charge in [0.2, 0.25) is 5.89 Å². The molecule has 156 valence electrons. The number of rotatable bonds is 6. The number of nitrogens with one attached hydrogen (secondary N) is 1. The number of aromatic nitrogens is 2. The minimum absolute atomic E-state index is 0.0318. The predicted octanol–water partition coefficient (Wildman–Crippen LogP) is 5.47. The number of hydrogen-bond donors (Lipinski definition) is 2. The van der Waals surface area contributed by atoms with Crippen LogP contribution in [0.5, 0.6) is 17.2 Å². The van der Waals surface area contributed by atoms with Gasteiger partial charge in [0, 0.05) is 12.1 Å². The summed E-state index contributed by atoms with van der Waals surface area (Å²) < 4.78 is 11.2. The maximum Gasteiger partial charge on any atom is 0.309 e.